The number of piperidine rings is 1. The molecule has 2 aromatic heterocycles. The number of aryl methyl sites for hydroxylation is 3. The summed E-state index contributed by atoms with van der Waals surface area (Å²) in [6.07, 6.45) is 4.64. The molecule has 7 heteroatoms. The van der Waals surface area contributed by atoms with E-state index in [1.165, 1.54) is 4.88 Å². The normalized spacial score (nSPS) is 16.9. The fourth-order valence-electron chi connectivity index (χ4n) is 4.02. The van der Waals surface area contributed by atoms with Crippen molar-refractivity contribution in [3.8, 4) is 6.07 Å². The largest absolute Gasteiger partial charge is 0.341 e. The second kappa shape index (κ2) is 7.28. The minimum Gasteiger partial charge on any atom is -0.341 e. The highest BCUT2D eigenvalue weighted by Gasteiger charge is 2.29. The maximum Gasteiger partial charge on any atom is 0.228 e. The minimum atomic E-state index is -0.0318. The smallest absolute Gasteiger partial charge is 0.228 e. The quantitative estimate of drug-likeness (QED) is 0.881. The first-order chi connectivity index (χ1) is 13.0. The highest BCUT2D eigenvalue weighted by Crippen LogP contribution is 2.39. The molecule has 3 heterocycles. The molecule has 2 aromatic rings. The van der Waals surface area contributed by atoms with Gasteiger partial charge in [-0.15, -0.1) is 11.3 Å². The molecule has 1 amide bonds. The molecular weight excluding hydrogens is 358 g/mol. The summed E-state index contributed by atoms with van der Waals surface area (Å²) in [5.41, 5.74) is 3.76. The van der Waals surface area contributed by atoms with Crippen LogP contribution in [0.1, 0.15) is 46.7 Å². The molecule has 0 saturated carbocycles. The van der Waals surface area contributed by atoms with Crippen molar-refractivity contribution < 1.29 is 4.79 Å². The highest BCUT2D eigenvalue weighted by atomic mass is 32.1. The molecule has 0 radical (unpaired) electrons. The Balaban J connectivity index is 1.40. The van der Waals surface area contributed by atoms with Crippen molar-refractivity contribution in [1.29, 1.82) is 5.26 Å². The zero-order valence-corrected chi connectivity index (χ0v) is 16.5. The monoisotopic (exact) mass is 381 g/mol. The second-order valence-electron chi connectivity index (χ2n) is 7.37. The van der Waals surface area contributed by atoms with E-state index in [-0.39, 0.29) is 11.8 Å². The summed E-state index contributed by atoms with van der Waals surface area (Å²) in [4.78, 5) is 25.2. The van der Waals surface area contributed by atoms with Crippen LogP contribution in [0.3, 0.4) is 0 Å². The van der Waals surface area contributed by atoms with E-state index in [4.69, 9.17) is 0 Å². The Bertz CT molecular complexity index is 901. The fraction of sp³-hybridized carbons (Fsp3) is 0.500. The van der Waals surface area contributed by atoms with Crippen LogP contribution in [0.15, 0.2) is 6.07 Å². The number of anilines is 2. The van der Waals surface area contributed by atoms with Gasteiger partial charge < -0.3 is 10.2 Å². The molecular formula is C20H23N5OS. The number of amides is 1. The summed E-state index contributed by atoms with van der Waals surface area (Å²) < 4.78 is 0. The standard InChI is InChI=1S/C20H23N5OS/c1-12-10-13(2)23-20(22-12)25-8-6-14(7-9-25)18(26)24-19-16(11-21)15-4-3-5-17(15)27-19/h10,14H,3-9H2,1-2H3,(H,24,26). The summed E-state index contributed by atoms with van der Waals surface area (Å²) in [6, 6.07) is 4.26. The third-order valence-corrected chi connectivity index (χ3v) is 6.60. The molecule has 1 N–H and O–H groups in total. The molecule has 27 heavy (non-hydrogen) atoms. The summed E-state index contributed by atoms with van der Waals surface area (Å²) >= 11 is 1.58. The lowest BCUT2D eigenvalue weighted by molar-refractivity contribution is -0.120. The summed E-state index contributed by atoms with van der Waals surface area (Å²) in [6.45, 7) is 5.49. The van der Waals surface area contributed by atoms with Crippen molar-refractivity contribution in [2.75, 3.05) is 23.3 Å². The number of rotatable bonds is 3. The molecule has 140 valence electrons. The summed E-state index contributed by atoms with van der Waals surface area (Å²) in [5, 5.41) is 13.3. The molecule has 0 unspecified atom stereocenters. The molecule has 0 bridgehead atoms. The van der Waals surface area contributed by atoms with Crippen molar-refractivity contribution in [2.24, 2.45) is 5.92 Å². The van der Waals surface area contributed by atoms with Crippen LogP contribution in [0.2, 0.25) is 0 Å². The maximum atomic E-state index is 12.8. The first-order valence-electron chi connectivity index (χ1n) is 9.48. The summed E-state index contributed by atoms with van der Waals surface area (Å²) in [5.74, 6) is 0.760. The Morgan fingerprint density at radius 1 is 1.26 bits per heavy atom. The number of nitrogens with one attached hydrogen (secondary N) is 1. The third-order valence-electron chi connectivity index (χ3n) is 5.39. The number of aromatic nitrogens is 2. The Morgan fingerprint density at radius 2 is 1.96 bits per heavy atom. The topological polar surface area (TPSA) is 81.9 Å². The van der Waals surface area contributed by atoms with Crippen LogP contribution >= 0.6 is 11.3 Å². The molecule has 0 aromatic carbocycles. The van der Waals surface area contributed by atoms with Crippen LogP contribution in [0.5, 0.6) is 0 Å². The number of carbonyl (C=O) groups is 1. The van der Waals surface area contributed by atoms with Gasteiger partial charge in [0, 0.05) is 35.3 Å². The van der Waals surface area contributed by atoms with Gasteiger partial charge in [-0.25, -0.2) is 9.97 Å². The fourth-order valence-corrected chi connectivity index (χ4v) is 5.26. The predicted molar refractivity (Wildman–Crippen MR) is 106 cm³/mol. The van der Waals surface area contributed by atoms with E-state index in [1.54, 1.807) is 11.3 Å². The van der Waals surface area contributed by atoms with Gasteiger partial charge in [0.25, 0.3) is 0 Å². The Labute approximate surface area is 163 Å². The first-order valence-corrected chi connectivity index (χ1v) is 10.3. The van der Waals surface area contributed by atoms with Crippen LogP contribution in [0.25, 0.3) is 0 Å². The molecule has 1 aliphatic carbocycles. The molecule has 2 aliphatic rings. The van der Waals surface area contributed by atoms with Gasteiger partial charge in [-0.2, -0.15) is 5.26 Å². The van der Waals surface area contributed by atoms with E-state index in [2.05, 4.69) is 26.3 Å². The maximum absolute atomic E-state index is 12.8. The lowest BCUT2D eigenvalue weighted by Gasteiger charge is -2.31. The van der Waals surface area contributed by atoms with Gasteiger partial charge in [0.1, 0.15) is 11.1 Å². The molecule has 4 rings (SSSR count). The van der Waals surface area contributed by atoms with Crippen LogP contribution in [0, 0.1) is 31.1 Å². The zero-order valence-electron chi connectivity index (χ0n) is 15.7. The van der Waals surface area contributed by atoms with Gasteiger partial charge in [0.2, 0.25) is 11.9 Å². The lowest BCUT2D eigenvalue weighted by Crippen LogP contribution is -2.39. The first kappa shape index (κ1) is 17.9. The van der Waals surface area contributed by atoms with Crippen LogP contribution < -0.4 is 10.2 Å². The van der Waals surface area contributed by atoms with E-state index in [0.29, 0.717) is 5.56 Å². The van der Waals surface area contributed by atoms with Crippen molar-refractivity contribution >= 4 is 28.2 Å². The second-order valence-corrected chi connectivity index (χ2v) is 8.48. The molecule has 0 spiro atoms. The SMILES string of the molecule is Cc1cc(C)nc(N2CCC(C(=O)Nc3sc4c(c3C#N)CCC4)CC2)n1. The van der Waals surface area contributed by atoms with E-state index in [9.17, 15) is 10.1 Å². The number of fused-ring (bicyclic) bond motifs is 1. The van der Waals surface area contributed by atoms with Gasteiger partial charge in [-0.1, -0.05) is 0 Å². The van der Waals surface area contributed by atoms with Gasteiger partial charge >= 0.3 is 0 Å². The number of thiophene rings is 1. The number of hydrogen-bond donors (Lipinski definition) is 1. The van der Waals surface area contributed by atoms with Gasteiger partial charge in [-0.05, 0) is 57.6 Å². The average molecular weight is 382 g/mol. The lowest BCUT2D eigenvalue weighted by atomic mass is 9.96. The number of carbonyl (C=O) groups excluding carboxylic acids is 1. The van der Waals surface area contributed by atoms with Crippen molar-refractivity contribution in [1.82, 2.24) is 9.97 Å². The molecule has 1 saturated heterocycles. The Morgan fingerprint density at radius 3 is 2.63 bits per heavy atom. The number of nitrogens with zero attached hydrogens (tertiary/aromatic N) is 4. The van der Waals surface area contributed by atoms with Gasteiger partial charge in [-0.3, -0.25) is 4.79 Å². The van der Waals surface area contributed by atoms with Crippen molar-refractivity contribution in [3.05, 3.63) is 33.5 Å². The predicted octanol–water partition coefficient (Wildman–Crippen LogP) is 3.37. The van der Waals surface area contributed by atoms with Crippen LogP contribution in [-0.4, -0.2) is 29.0 Å². The van der Waals surface area contributed by atoms with E-state index in [1.807, 2.05) is 19.9 Å². The van der Waals surface area contributed by atoms with Gasteiger partial charge in [0.15, 0.2) is 0 Å². The molecule has 1 fully saturated rings. The minimum absolute atomic E-state index is 0.0318. The number of hydrogen-bond acceptors (Lipinski definition) is 6. The Kier molecular flexibility index (Phi) is 4.83. The van der Waals surface area contributed by atoms with E-state index < -0.39 is 0 Å². The van der Waals surface area contributed by atoms with Crippen molar-refractivity contribution in [2.45, 2.75) is 46.0 Å². The third kappa shape index (κ3) is 3.54. The van der Waals surface area contributed by atoms with Crippen LogP contribution in [0.4, 0.5) is 10.9 Å². The highest BCUT2D eigenvalue weighted by molar-refractivity contribution is 7.16. The van der Waals surface area contributed by atoms with Gasteiger partial charge in [0.05, 0.1) is 5.56 Å². The molecule has 6 nitrogen and oxygen atoms in total. The van der Waals surface area contributed by atoms with Crippen molar-refractivity contribution in [3.63, 3.8) is 0 Å². The molecule has 1 aliphatic heterocycles. The zero-order chi connectivity index (χ0) is 19.0. The Hall–Kier alpha value is -2.46. The summed E-state index contributed by atoms with van der Waals surface area (Å²) in [7, 11) is 0. The van der Waals surface area contributed by atoms with Crippen LogP contribution in [-0.2, 0) is 17.6 Å². The average Bonchev–Trinajstić information content (AvgIpc) is 3.21. The number of nitriles is 1. The van der Waals surface area contributed by atoms with E-state index in [0.717, 1.165) is 73.1 Å². The molecule has 0 atom stereocenters. The van der Waals surface area contributed by atoms with E-state index >= 15 is 0 Å².